The van der Waals surface area contributed by atoms with Crippen LogP contribution in [0.4, 0.5) is 5.69 Å². The van der Waals surface area contributed by atoms with Gasteiger partial charge in [0.25, 0.3) is 0 Å². The maximum Gasteiger partial charge on any atom is 0.367 e. The van der Waals surface area contributed by atoms with Crippen molar-refractivity contribution in [2.24, 2.45) is 11.3 Å². The predicted octanol–water partition coefficient (Wildman–Crippen LogP) is 3.49. The number of methoxy groups -OCH3 is 1. The molecule has 1 saturated heterocycles. The summed E-state index contributed by atoms with van der Waals surface area (Å²) in [6.45, 7) is 8.40. The first-order valence-corrected chi connectivity index (χ1v) is 14.0. The van der Waals surface area contributed by atoms with Gasteiger partial charge in [0.1, 0.15) is 36.5 Å². The van der Waals surface area contributed by atoms with Crippen molar-refractivity contribution in [3.63, 3.8) is 0 Å². The molecular formula is C31H39N2O8+. The van der Waals surface area contributed by atoms with Crippen LogP contribution in [0, 0.1) is 11.3 Å². The number of ether oxygens (including phenoxy) is 4. The van der Waals surface area contributed by atoms with E-state index in [0.29, 0.717) is 53.8 Å². The Balaban J connectivity index is 1.87. The lowest BCUT2D eigenvalue weighted by atomic mass is 9.70. The lowest BCUT2D eigenvalue weighted by molar-refractivity contribution is -0.170. The number of Topliss-reactive ketones (excluding diaryl/α,β-unsaturated/α-hetero) is 1. The molecular weight excluding hydrogens is 528 g/mol. The molecule has 1 fully saturated rings. The highest BCUT2D eigenvalue weighted by Gasteiger charge is 2.70. The molecule has 0 radical (unpaired) electrons. The number of nitrogens with zero attached hydrogens (tertiary/aromatic N) is 1. The molecule has 0 bridgehead atoms. The number of carbonyl (C=O) groups is 3. The number of aliphatic carboxylic acids is 1. The zero-order valence-corrected chi connectivity index (χ0v) is 24.3. The van der Waals surface area contributed by atoms with Crippen molar-refractivity contribution in [3.8, 4) is 17.2 Å². The van der Waals surface area contributed by atoms with Crippen LogP contribution in [0.3, 0.4) is 0 Å². The molecule has 220 valence electrons. The van der Waals surface area contributed by atoms with Gasteiger partial charge in [0.2, 0.25) is 5.54 Å². The number of piperidine rings is 1. The topological polar surface area (TPSA) is 120 Å². The van der Waals surface area contributed by atoms with Gasteiger partial charge in [0.05, 0.1) is 25.1 Å². The second-order valence-electron chi connectivity index (χ2n) is 12.3. The van der Waals surface area contributed by atoms with Gasteiger partial charge < -0.3 is 29.4 Å². The van der Waals surface area contributed by atoms with Crippen molar-refractivity contribution in [1.29, 1.82) is 0 Å². The number of benzene rings is 2. The number of quaternary nitrogens is 1. The SMILES string of the molecule is COc1ccc2c(c1)C(c1cccc3c1OCCO3)OCC(=O)[N@@+]2(CC(C)(C)C)[C@@]1(C(=O)O)CCNC[C@@H]1C(C)=O. The zero-order chi connectivity index (χ0) is 29.6. The van der Waals surface area contributed by atoms with E-state index in [2.05, 4.69) is 5.32 Å². The molecule has 3 aliphatic heterocycles. The molecule has 0 spiro atoms. The highest BCUT2D eigenvalue weighted by atomic mass is 16.6. The first-order chi connectivity index (χ1) is 19.5. The number of carbonyl (C=O) groups excluding carboxylic acids is 2. The fourth-order valence-corrected chi connectivity index (χ4v) is 6.95. The summed E-state index contributed by atoms with van der Waals surface area (Å²) in [5, 5.41) is 14.3. The van der Waals surface area contributed by atoms with Crippen molar-refractivity contribution in [3.05, 3.63) is 47.5 Å². The molecule has 2 aromatic carbocycles. The van der Waals surface area contributed by atoms with Crippen LogP contribution in [0.1, 0.15) is 51.3 Å². The Hall–Kier alpha value is -3.47. The summed E-state index contributed by atoms with van der Waals surface area (Å²) in [6, 6.07) is 10.8. The smallest absolute Gasteiger partial charge is 0.367 e. The number of hydrogen-bond donors (Lipinski definition) is 2. The lowest BCUT2D eigenvalue weighted by Gasteiger charge is -2.54. The highest BCUT2D eigenvalue weighted by molar-refractivity contribution is 6.02. The fourth-order valence-electron chi connectivity index (χ4n) is 6.95. The number of ketones is 1. The number of para-hydroxylation sites is 1. The number of carboxylic acid groups (broad SMARTS) is 1. The van der Waals surface area contributed by atoms with Crippen LogP contribution in [-0.2, 0) is 19.1 Å². The minimum atomic E-state index is -1.77. The maximum atomic E-state index is 14.7. The summed E-state index contributed by atoms with van der Waals surface area (Å²) in [5.41, 5.74) is -0.539. The third-order valence-electron chi connectivity index (χ3n) is 8.47. The van der Waals surface area contributed by atoms with E-state index in [-0.39, 0.29) is 31.9 Å². The summed E-state index contributed by atoms with van der Waals surface area (Å²) in [5.74, 6) is -1.19. The summed E-state index contributed by atoms with van der Waals surface area (Å²) >= 11 is 0. The quantitative estimate of drug-likeness (QED) is 0.506. The van der Waals surface area contributed by atoms with Gasteiger partial charge in [-0.15, -0.1) is 0 Å². The van der Waals surface area contributed by atoms with Gasteiger partial charge in [-0.05, 0) is 25.1 Å². The van der Waals surface area contributed by atoms with E-state index in [1.165, 1.54) is 6.92 Å². The van der Waals surface area contributed by atoms with Crippen molar-refractivity contribution < 1.29 is 38.4 Å². The van der Waals surface area contributed by atoms with Gasteiger partial charge in [-0.25, -0.2) is 14.1 Å². The van der Waals surface area contributed by atoms with Crippen LogP contribution in [0.5, 0.6) is 17.2 Å². The molecule has 0 aromatic heterocycles. The Morgan fingerprint density at radius 2 is 1.90 bits per heavy atom. The Bertz CT molecular complexity index is 1370. The number of carboxylic acids is 1. The Kier molecular flexibility index (Phi) is 7.61. The molecule has 0 saturated carbocycles. The molecule has 10 nitrogen and oxygen atoms in total. The highest BCUT2D eigenvalue weighted by Crippen LogP contribution is 2.52. The Labute approximate surface area is 240 Å². The standard InChI is InChI=1S/C31H38N2O8/c1-19(34)23-16-32-12-11-31(23,29(36)37)33(18-30(2,3)4)24-10-9-20(38-5)15-22(24)27(41-17-26(33)35)21-7-6-8-25-28(21)40-14-13-39-25/h6-10,15,23,27,32H,11-14,16-18H2,1-5H3/p+1/t23-,27?,31+,33+/m1/s1. The van der Waals surface area contributed by atoms with Gasteiger partial charge in [-0.3, -0.25) is 4.79 Å². The third kappa shape index (κ3) is 4.67. The molecule has 2 aromatic rings. The minimum absolute atomic E-state index is 0.0855. The molecule has 4 atom stereocenters. The van der Waals surface area contributed by atoms with Crippen LogP contribution in [0.2, 0.25) is 0 Å². The van der Waals surface area contributed by atoms with Gasteiger partial charge >= 0.3 is 11.9 Å². The molecule has 3 aliphatic rings. The van der Waals surface area contributed by atoms with E-state index in [1.54, 1.807) is 25.3 Å². The van der Waals surface area contributed by atoms with E-state index >= 15 is 0 Å². The van der Waals surface area contributed by atoms with Gasteiger partial charge in [-0.1, -0.05) is 32.9 Å². The predicted molar refractivity (Wildman–Crippen MR) is 151 cm³/mol. The number of hydrogen-bond acceptors (Lipinski definition) is 8. The summed E-state index contributed by atoms with van der Waals surface area (Å²) in [4.78, 5) is 41.6. The van der Waals surface area contributed by atoms with Crippen LogP contribution in [0.15, 0.2) is 36.4 Å². The molecule has 41 heavy (non-hydrogen) atoms. The van der Waals surface area contributed by atoms with E-state index in [9.17, 15) is 19.5 Å². The fraction of sp³-hybridized carbons (Fsp3) is 0.516. The van der Waals surface area contributed by atoms with Gasteiger partial charge in [-0.2, -0.15) is 0 Å². The normalized spacial score (nSPS) is 27.9. The molecule has 5 rings (SSSR count). The van der Waals surface area contributed by atoms with Crippen LogP contribution in [-0.4, -0.2) is 74.9 Å². The number of amides is 1. The largest absolute Gasteiger partial charge is 0.497 e. The zero-order valence-electron chi connectivity index (χ0n) is 24.3. The first-order valence-electron chi connectivity index (χ1n) is 14.0. The van der Waals surface area contributed by atoms with Crippen LogP contribution >= 0.6 is 0 Å². The first kappa shape index (κ1) is 29.0. The Morgan fingerprint density at radius 1 is 1.15 bits per heavy atom. The van der Waals surface area contributed by atoms with Gasteiger partial charge in [0.15, 0.2) is 18.1 Å². The lowest BCUT2D eigenvalue weighted by Crippen LogP contribution is -2.80. The van der Waals surface area contributed by atoms with E-state index < -0.39 is 39.3 Å². The summed E-state index contributed by atoms with van der Waals surface area (Å²) in [7, 11) is 1.55. The van der Waals surface area contributed by atoms with Crippen molar-refractivity contribution >= 4 is 23.3 Å². The average Bonchev–Trinajstić information content (AvgIpc) is 3.06. The van der Waals surface area contributed by atoms with Crippen LogP contribution in [0.25, 0.3) is 0 Å². The second-order valence-corrected chi connectivity index (χ2v) is 12.3. The average molecular weight is 568 g/mol. The van der Waals surface area contributed by atoms with Crippen molar-refractivity contribution in [2.45, 2.75) is 45.8 Å². The summed E-state index contributed by atoms with van der Waals surface area (Å²) in [6.07, 6.45) is -0.702. The number of fused-ring (bicyclic) bond motifs is 2. The molecule has 1 amide bonds. The molecule has 3 heterocycles. The number of nitrogens with one attached hydrogen (secondary N) is 1. The van der Waals surface area contributed by atoms with Gasteiger partial charge in [0, 0.05) is 36.6 Å². The minimum Gasteiger partial charge on any atom is -0.497 e. The maximum absolute atomic E-state index is 14.7. The molecule has 0 aliphatic carbocycles. The van der Waals surface area contributed by atoms with Crippen molar-refractivity contribution in [2.75, 3.05) is 46.6 Å². The van der Waals surface area contributed by atoms with E-state index in [0.717, 1.165) is 0 Å². The van der Waals surface area contributed by atoms with Crippen LogP contribution < -0.4 is 24.0 Å². The number of rotatable bonds is 6. The molecule has 1 unspecified atom stereocenters. The second kappa shape index (κ2) is 10.7. The van der Waals surface area contributed by atoms with Crippen molar-refractivity contribution in [1.82, 2.24) is 9.80 Å². The third-order valence-corrected chi connectivity index (χ3v) is 8.47. The molecule has 2 N–H and O–H groups in total. The summed E-state index contributed by atoms with van der Waals surface area (Å²) < 4.78 is 23.3. The monoisotopic (exact) mass is 567 g/mol. The van der Waals surface area contributed by atoms with E-state index in [4.69, 9.17) is 18.9 Å². The van der Waals surface area contributed by atoms with E-state index in [1.807, 2.05) is 39.0 Å². The molecule has 10 heteroatoms. The Morgan fingerprint density at radius 3 is 2.59 bits per heavy atom.